The van der Waals surface area contributed by atoms with Crippen LogP contribution in [0.4, 0.5) is 0 Å². The summed E-state index contributed by atoms with van der Waals surface area (Å²) in [6.07, 6.45) is 2.80. The second kappa shape index (κ2) is 7.92. The number of carbonyl (C=O) groups excluding carboxylic acids is 2. The molecular formula is C23H23N5O4. The third-order valence-electron chi connectivity index (χ3n) is 5.43. The quantitative estimate of drug-likeness (QED) is 0.383. The van der Waals surface area contributed by atoms with E-state index in [-0.39, 0.29) is 23.6 Å². The highest BCUT2D eigenvalue weighted by molar-refractivity contribution is 6.01. The second-order valence-corrected chi connectivity index (χ2v) is 7.86. The van der Waals surface area contributed by atoms with E-state index in [0.717, 1.165) is 16.8 Å². The van der Waals surface area contributed by atoms with Crippen molar-refractivity contribution in [2.24, 2.45) is 0 Å². The van der Waals surface area contributed by atoms with E-state index in [1.165, 1.54) is 24.2 Å². The van der Waals surface area contributed by atoms with Gasteiger partial charge < -0.3 is 9.72 Å². The smallest absolute Gasteiger partial charge is 0.339 e. The van der Waals surface area contributed by atoms with E-state index in [9.17, 15) is 14.4 Å². The monoisotopic (exact) mass is 433 g/mol. The Morgan fingerprint density at radius 1 is 1.09 bits per heavy atom. The maximum Gasteiger partial charge on any atom is 0.339 e. The predicted octanol–water partition coefficient (Wildman–Crippen LogP) is 2.81. The second-order valence-electron chi connectivity index (χ2n) is 7.86. The number of hydrogen-bond acceptors (Lipinski definition) is 6. The molecule has 1 aromatic carbocycles. The van der Waals surface area contributed by atoms with Crippen molar-refractivity contribution in [3.05, 3.63) is 74.7 Å². The van der Waals surface area contributed by atoms with Crippen LogP contribution in [0.25, 0.3) is 16.7 Å². The van der Waals surface area contributed by atoms with E-state index in [1.54, 1.807) is 18.5 Å². The zero-order valence-corrected chi connectivity index (χ0v) is 18.5. The van der Waals surface area contributed by atoms with E-state index < -0.39 is 5.97 Å². The molecule has 4 aromatic rings. The molecule has 0 aliphatic rings. The van der Waals surface area contributed by atoms with Gasteiger partial charge in [0.25, 0.3) is 5.56 Å². The molecule has 0 amide bonds. The summed E-state index contributed by atoms with van der Waals surface area (Å²) in [6.45, 7) is 7.12. The number of methoxy groups -OCH3 is 1. The van der Waals surface area contributed by atoms with Crippen molar-refractivity contribution in [2.75, 3.05) is 7.11 Å². The first-order valence-electron chi connectivity index (χ1n) is 10.0. The van der Waals surface area contributed by atoms with E-state index in [0.29, 0.717) is 27.9 Å². The molecule has 32 heavy (non-hydrogen) atoms. The number of nitrogens with zero attached hydrogens (tertiary/aromatic N) is 4. The minimum absolute atomic E-state index is 0.224. The highest BCUT2D eigenvalue weighted by Gasteiger charge is 2.23. The Balaban J connectivity index is 1.70. The first kappa shape index (κ1) is 21.2. The Kier molecular flexibility index (Phi) is 5.25. The summed E-state index contributed by atoms with van der Waals surface area (Å²) in [5.41, 5.74) is 4.63. The number of aromatic nitrogens is 5. The third kappa shape index (κ3) is 3.51. The lowest BCUT2D eigenvalue weighted by Crippen LogP contribution is -2.25. The lowest BCUT2D eigenvalue weighted by molar-refractivity contribution is 0.0599. The summed E-state index contributed by atoms with van der Waals surface area (Å²) >= 11 is 0. The van der Waals surface area contributed by atoms with Crippen molar-refractivity contribution in [1.82, 2.24) is 24.3 Å². The van der Waals surface area contributed by atoms with Gasteiger partial charge in [0.2, 0.25) is 0 Å². The van der Waals surface area contributed by atoms with E-state index in [2.05, 4.69) is 21.1 Å². The molecule has 9 nitrogen and oxygen atoms in total. The fraction of sp³-hybridized carbons (Fsp3) is 0.261. The molecule has 0 aliphatic heterocycles. The molecule has 0 saturated carbocycles. The van der Waals surface area contributed by atoms with Crippen LogP contribution in [-0.4, -0.2) is 43.2 Å². The number of ether oxygens (including phenoxy) is 1. The normalized spacial score (nSPS) is 11.2. The number of rotatable bonds is 5. The van der Waals surface area contributed by atoms with Gasteiger partial charge in [-0.25, -0.2) is 14.5 Å². The van der Waals surface area contributed by atoms with Crippen molar-refractivity contribution in [1.29, 1.82) is 0 Å². The van der Waals surface area contributed by atoms with Crippen molar-refractivity contribution in [3.63, 3.8) is 0 Å². The Morgan fingerprint density at radius 3 is 2.44 bits per heavy atom. The van der Waals surface area contributed by atoms with Crippen LogP contribution in [-0.2, 0) is 11.3 Å². The average molecular weight is 433 g/mol. The van der Waals surface area contributed by atoms with Crippen LogP contribution in [0.3, 0.4) is 0 Å². The van der Waals surface area contributed by atoms with Gasteiger partial charge >= 0.3 is 5.97 Å². The molecule has 0 radical (unpaired) electrons. The molecule has 0 unspecified atom stereocenters. The summed E-state index contributed by atoms with van der Waals surface area (Å²) in [7, 11) is 1.29. The number of aromatic amines is 1. The SMILES string of the molecule is COC(=O)c1c(C)[nH]c(C(=O)Cn2cnc3c(cnn3-c3cc(C)cc(C)c3)c2=O)c1C. The minimum atomic E-state index is -0.519. The molecule has 0 bridgehead atoms. The molecule has 3 heterocycles. The molecule has 0 atom stereocenters. The van der Waals surface area contributed by atoms with Crippen LogP contribution >= 0.6 is 0 Å². The number of fused-ring (bicyclic) bond motifs is 1. The van der Waals surface area contributed by atoms with Gasteiger partial charge in [0.1, 0.15) is 11.7 Å². The molecular weight excluding hydrogens is 410 g/mol. The van der Waals surface area contributed by atoms with Crippen LogP contribution in [0.1, 0.15) is 43.2 Å². The number of carbonyl (C=O) groups is 2. The zero-order chi connectivity index (χ0) is 23.2. The third-order valence-corrected chi connectivity index (χ3v) is 5.43. The largest absolute Gasteiger partial charge is 0.465 e. The Hall–Kier alpha value is -4.01. The Labute approximate surface area is 183 Å². The Bertz CT molecular complexity index is 1420. The summed E-state index contributed by atoms with van der Waals surface area (Å²) < 4.78 is 7.64. The predicted molar refractivity (Wildman–Crippen MR) is 119 cm³/mol. The molecule has 3 aromatic heterocycles. The molecule has 4 rings (SSSR count). The molecule has 9 heteroatoms. The summed E-state index contributed by atoms with van der Waals surface area (Å²) in [6, 6.07) is 5.98. The van der Waals surface area contributed by atoms with Crippen molar-refractivity contribution < 1.29 is 14.3 Å². The first-order chi connectivity index (χ1) is 15.2. The van der Waals surface area contributed by atoms with Crippen LogP contribution in [0.15, 0.2) is 35.5 Å². The van der Waals surface area contributed by atoms with Crippen LogP contribution in [0.5, 0.6) is 0 Å². The van der Waals surface area contributed by atoms with Crippen molar-refractivity contribution in [3.8, 4) is 5.69 Å². The number of benzene rings is 1. The highest BCUT2D eigenvalue weighted by Crippen LogP contribution is 2.20. The van der Waals surface area contributed by atoms with Gasteiger partial charge in [-0.15, -0.1) is 0 Å². The molecule has 164 valence electrons. The van der Waals surface area contributed by atoms with E-state index >= 15 is 0 Å². The van der Waals surface area contributed by atoms with Crippen LogP contribution in [0, 0.1) is 27.7 Å². The maximum absolute atomic E-state index is 13.0. The molecule has 1 N–H and O–H groups in total. The molecule has 0 aliphatic carbocycles. The number of Topliss-reactive ketones (excluding diaryl/α,β-unsaturated/α-hetero) is 1. The van der Waals surface area contributed by atoms with E-state index in [4.69, 9.17) is 4.74 Å². The zero-order valence-electron chi connectivity index (χ0n) is 18.5. The number of hydrogen-bond donors (Lipinski definition) is 1. The highest BCUT2D eigenvalue weighted by atomic mass is 16.5. The summed E-state index contributed by atoms with van der Waals surface area (Å²) in [4.78, 5) is 45.2. The van der Waals surface area contributed by atoms with Gasteiger partial charge in [-0.05, 0) is 56.5 Å². The van der Waals surface area contributed by atoms with Gasteiger partial charge in [0.05, 0.1) is 36.8 Å². The Morgan fingerprint density at radius 2 is 1.78 bits per heavy atom. The standard InChI is InChI=1S/C23H23N5O4/c1-12-6-13(2)8-16(7-12)28-21-17(9-25-28)22(30)27(11-24-21)10-18(29)20-14(3)19(15(4)26-20)23(31)32-5/h6-9,11,26H,10H2,1-5H3. The lowest BCUT2D eigenvalue weighted by atomic mass is 10.1. The van der Waals surface area contributed by atoms with Crippen LogP contribution < -0.4 is 5.56 Å². The molecule has 0 fully saturated rings. The lowest BCUT2D eigenvalue weighted by Gasteiger charge is -2.07. The van der Waals surface area contributed by atoms with Gasteiger partial charge in [0.15, 0.2) is 11.4 Å². The van der Waals surface area contributed by atoms with Crippen molar-refractivity contribution >= 4 is 22.8 Å². The average Bonchev–Trinajstić information content (AvgIpc) is 3.30. The molecule has 0 spiro atoms. The summed E-state index contributed by atoms with van der Waals surface area (Å²) in [5.74, 6) is -0.861. The number of esters is 1. The number of ketones is 1. The fourth-order valence-corrected chi connectivity index (χ4v) is 3.99. The first-order valence-corrected chi connectivity index (χ1v) is 10.0. The van der Waals surface area contributed by atoms with Gasteiger partial charge in [0, 0.05) is 5.69 Å². The fourth-order valence-electron chi connectivity index (χ4n) is 3.99. The van der Waals surface area contributed by atoms with E-state index in [1.807, 2.05) is 26.0 Å². The molecule has 0 saturated heterocycles. The minimum Gasteiger partial charge on any atom is -0.465 e. The maximum atomic E-state index is 13.0. The van der Waals surface area contributed by atoms with Crippen LogP contribution in [0.2, 0.25) is 0 Å². The number of H-pyrrole nitrogens is 1. The van der Waals surface area contributed by atoms with Gasteiger partial charge in [-0.3, -0.25) is 14.2 Å². The van der Waals surface area contributed by atoms with Gasteiger partial charge in [-0.1, -0.05) is 6.07 Å². The topological polar surface area (TPSA) is 112 Å². The summed E-state index contributed by atoms with van der Waals surface area (Å²) in [5, 5.41) is 4.66. The number of nitrogens with one attached hydrogen (secondary N) is 1. The number of aryl methyl sites for hydroxylation is 3. The van der Waals surface area contributed by atoms with Gasteiger partial charge in [-0.2, -0.15) is 5.10 Å². The van der Waals surface area contributed by atoms with Crippen molar-refractivity contribution in [2.45, 2.75) is 34.2 Å².